The van der Waals surface area contributed by atoms with E-state index < -0.39 is 0 Å². The van der Waals surface area contributed by atoms with E-state index in [1.165, 1.54) is 56.4 Å². The topological polar surface area (TPSA) is 50.8 Å². The highest BCUT2D eigenvalue weighted by Crippen LogP contribution is 2.18. The highest BCUT2D eigenvalue weighted by Gasteiger charge is 2.07. The molecule has 1 unspecified atom stereocenters. The molecule has 2 aromatic carbocycles. The molecule has 0 aromatic heterocycles. The number of hydrogen-bond acceptors (Lipinski definition) is 4. The third-order valence-electron chi connectivity index (χ3n) is 5.36. The van der Waals surface area contributed by atoms with Gasteiger partial charge in [-0.05, 0) is 86.3 Å². The lowest BCUT2D eigenvalue weighted by atomic mass is 10.0. The van der Waals surface area contributed by atoms with E-state index in [1.54, 1.807) is 7.11 Å². The molecule has 0 radical (unpaired) electrons. The molecule has 0 amide bonds. The molecule has 2 rings (SSSR count). The van der Waals surface area contributed by atoms with Crippen molar-refractivity contribution in [1.29, 1.82) is 0 Å². The Balaban J connectivity index is 1.73. The lowest BCUT2D eigenvalue weighted by molar-refractivity contribution is 0.267. The summed E-state index contributed by atoms with van der Waals surface area (Å²) in [6, 6.07) is 16.6. The summed E-state index contributed by atoms with van der Waals surface area (Å²) >= 11 is 0. The second kappa shape index (κ2) is 13.9. The average Bonchev–Trinajstić information content (AvgIpc) is 2.77. The number of unbranched alkanes of at least 4 members (excludes halogenated alkanes) is 1. The van der Waals surface area contributed by atoms with Crippen molar-refractivity contribution < 1.29 is 4.74 Å². The van der Waals surface area contributed by atoms with Gasteiger partial charge in [0.2, 0.25) is 0 Å². The van der Waals surface area contributed by atoms with E-state index in [0.29, 0.717) is 6.54 Å². The summed E-state index contributed by atoms with van der Waals surface area (Å²) in [4.78, 5) is 7.12. The van der Waals surface area contributed by atoms with E-state index in [0.717, 1.165) is 17.7 Å². The highest BCUT2D eigenvalue weighted by atomic mass is 16.5. The molecule has 2 N–H and O–H groups in total. The Hall–Kier alpha value is -2.17. The summed E-state index contributed by atoms with van der Waals surface area (Å²) in [5, 5.41) is 0. The fraction of sp³-hybridized carbons (Fsp3) is 0.500. The smallest absolute Gasteiger partial charge is 0.118 e. The van der Waals surface area contributed by atoms with Crippen molar-refractivity contribution in [1.82, 2.24) is 4.90 Å². The summed E-state index contributed by atoms with van der Waals surface area (Å²) in [6.07, 6.45) is 7.82. The standard InChI is InChI=1S/C26H39N3O/c1-4-17-29(18-5-2)19-7-6-8-26(27)24-13-9-22(10-14-24)20-28-21-23-11-15-25(30-3)16-12-23/h9-16,21,26H,4-8,17-20,27H2,1-3H3. The number of hydrogen-bond donors (Lipinski definition) is 1. The first-order chi connectivity index (χ1) is 14.7. The van der Waals surface area contributed by atoms with Crippen molar-refractivity contribution in [2.75, 3.05) is 26.7 Å². The van der Waals surface area contributed by atoms with Crippen LogP contribution in [0.4, 0.5) is 0 Å². The number of benzene rings is 2. The minimum Gasteiger partial charge on any atom is -0.497 e. The molecule has 0 fully saturated rings. The SMILES string of the molecule is CCCN(CCC)CCCCC(N)c1ccc(CN=Cc2ccc(OC)cc2)cc1. The molecule has 2 aromatic rings. The normalized spacial score (nSPS) is 12.6. The van der Waals surface area contributed by atoms with Gasteiger partial charge in [-0.2, -0.15) is 0 Å². The van der Waals surface area contributed by atoms with Gasteiger partial charge in [0, 0.05) is 12.3 Å². The average molecular weight is 410 g/mol. The zero-order chi connectivity index (χ0) is 21.6. The molecular formula is C26H39N3O. The van der Waals surface area contributed by atoms with Crippen molar-refractivity contribution in [2.24, 2.45) is 10.7 Å². The Kier molecular flexibility index (Phi) is 11.2. The fourth-order valence-corrected chi connectivity index (χ4v) is 3.65. The first kappa shape index (κ1) is 24.1. The van der Waals surface area contributed by atoms with E-state index in [2.05, 4.69) is 48.0 Å². The van der Waals surface area contributed by atoms with Gasteiger partial charge < -0.3 is 15.4 Å². The first-order valence-corrected chi connectivity index (χ1v) is 11.4. The van der Waals surface area contributed by atoms with Crippen LogP contribution in [0.25, 0.3) is 0 Å². The van der Waals surface area contributed by atoms with Crippen LogP contribution in [0, 0.1) is 0 Å². The summed E-state index contributed by atoms with van der Waals surface area (Å²) < 4.78 is 5.18. The van der Waals surface area contributed by atoms with Gasteiger partial charge in [0.1, 0.15) is 5.75 Å². The lowest BCUT2D eigenvalue weighted by Crippen LogP contribution is -2.26. The molecule has 4 nitrogen and oxygen atoms in total. The van der Waals surface area contributed by atoms with Gasteiger partial charge in [-0.15, -0.1) is 0 Å². The van der Waals surface area contributed by atoms with Crippen LogP contribution in [0.1, 0.15) is 68.7 Å². The molecule has 0 aliphatic heterocycles. The summed E-state index contributed by atoms with van der Waals surface area (Å²) in [5.74, 6) is 0.860. The largest absolute Gasteiger partial charge is 0.497 e. The third kappa shape index (κ3) is 8.68. The maximum atomic E-state index is 6.43. The molecule has 0 bridgehead atoms. The molecule has 0 spiro atoms. The van der Waals surface area contributed by atoms with Crippen LogP contribution in [0.2, 0.25) is 0 Å². The van der Waals surface area contributed by atoms with E-state index >= 15 is 0 Å². The highest BCUT2D eigenvalue weighted by molar-refractivity contribution is 5.79. The Labute approximate surface area is 183 Å². The summed E-state index contributed by atoms with van der Waals surface area (Å²) in [7, 11) is 1.67. The third-order valence-corrected chi connectivity index (χ3v) is 5.36. The molecule has 0 heterocycles. The maximum Gasteiger partial charge on any atom is 0.118 e. The maximum absolute atomic E-state index is 6.43. The molecule has 0 saturated carbocycles. The van der Waals surface area contributed by atoms with Gasteiger partial charge in [0.25, 0.3) is 0 Å². The monoisotopic (exact) mass is 409 g/mol. The molecule has 30 heavy (non-hydrogen) atoms. The quantitative estimate of drug-likeness (QED) is 0.326. The van der Waals surface area contributed by atoms with Crippen LogP contribution < -0.4 is 10.5 Å². The molecular weight excluding hydrogens is 370 g/mol. The molecule has 0 aliphatic carbocycles. The van der Waals surface area contributed by atoms with Crippen molar-refractivity contribution in [3.8, 4) is 5.75 Å². The zero-order valence-electron chi connectivity index (χ0n) is 19.0. The predicted octanol–water partition coefficient (Wildman–Crippen LogP) is 5.61. The van der Waals surface area contributed by atoms with Crippen LogP contribution in [-0.4, -0.2) is 37.9 Å². The number of methoxy groups -OCH3 is 1. The van der Waals surface area contributed by atoms with E-state index in [9.17, 15) is 0 Å². The number of rotatable bonds is 14. The van der Waals surface area contributed by atoms with Gasteiger partial charge in [0.15, 0.2) is 0 Å². The van der Waals surface area contributed by atoms with Gasteiger partial charge in [-0.3, -0.25) is 4.99 Å². The Bertz CT molecular complexity index is 719. The van der Waals surface area contributed by atoms with Gasteiger partial charge in [-0.25, -0.2) is 0 Å². The number of ether oxygens (including phenoxy) is 1. The minimum absolute atomic E-state index is 0.118. The van der Waals surface area contributed by atoms with Crippen LogP contribution in [0.5, 0.6) is 5.75 Å². The van der Waals surface area contributed by atoms with Crippen LogP contribution >= 0.6 is 0 Å². The van der Waals surface area contributed by atoms with Crippen molar-refractivity contribution in [3.63, 3.8) is 0 Å². The molecule has 164 valence electrons. The summed E-state index contributed by atoms with van der Waals surface area (Å²) in [6.45, 7) is 8.80. The predicted molar refractivity (Wildman–Crippen MR) is 129 cm³/mol. The molecule has 0 saturated heterocycles. The minimum atomic E-state index is 0.118. The Morgan fingerprint density at radius 1 is 0.933 bits per heavy atom. The van der Waals surface area contributed by atoms with Gasteiger partial charge >= 0.3 is 0 Å². The van der Waals surface area contributed by atoms with E-state index in [4.69, 9.17) is 10.5 Å². The Morgan fingerprint density at radius 2 is 1.60 bits per heavy atom. The fourth-order valence-electron chi connectivity index (χ4n) is 3.65. The van der Waals surface area contributed by atoms with Crippen LogP contribution in [0.3, 0.4) is 0 Å². The second-order valence-corrected chi connectivity index (χ2v) is 7.93. The second-order valence-electron chi connectivity index (χ2n) is 7.93. The van der Waals surface area contributed by atoms with Crippen molar-refractivity contribution in [3.05, 3.63) is 65.2 Å². The van der Waals surface area contributed by atoms with Crippen molar-refractivity contribution in [2.45, 2.75) is 58.5 Å². The number of nitrogens with two attached hydrogens (primary N) is 1. The zero-order valence-corrected chi connectivity index (χ0v) is 19.0. The number of nitrogens with zero attached hydrogens (tertiary/aromatic N) is 2. The van der Waals surface area contributed by atoms with E-state index in [-0.39, 0.29) is 6.04 Å². The first-order valence-electron chi connectivity index (χ1n) is 11.4. The van der Waals surface area contributed by atoms with E-state index in [1.807, 2.05) is 30.5 Å². The molecule has 1 atom stereocenters. The van der Waals surface area contributed by atoms with Gasteiger partial charge in [0.05, 0.1) is 13.7 Å². The number of aliphatic imine (C=N–C) groups is 1. The van der Waals surface area contributed by atoms with Crippen molar-refractivity contribution >= 4 is 6.21 Å². The summed E-state index contributed by atoms with van der Waals surface area (Å²) in [5.41, 5.74) is 9.92. The van der Waals surface area contributed by atoms with Crippen LogP contribution in [0.15, 0.2) is 53.5 Å². The lowest BCUT2D eigenvalue weighted by Gasteiger charge is -2.21. The Morgan fingerprint density at radius 3 is 2.20 bits per heavy atom. The van der Waals surface area contributed by atoms with Crippen LogP contribution in [-0.2, 0) is 6.54 Å². The molecule has 4 heteroatoms. The van der Waals surface area contributed by atoms with Gasteiger partial charge in [-0.1, -0.05) is 44.5 Å². The molecule has 0 aliphatic rings.